The van der Waals surface area contributed by atoms with E-state index in [-0.39, 0.29) is 30.6 Å². The number of hydrogen-bond acceptors (Lipinski definition) is 6. The van der Waals surface area contributed by atoms with Gasteiger partial charge in [-0.2, -0.15) is 13.2 Å². The Labute approximate surface area is 267 Å². The summed E-state index contributed by atoms with van der Waals surface area (Å²) in [6, 6.07) is 18.6. The third-order valence-electron chi connectivity index (χ3n) is 7.75. The van der Waals surface area contributed by atoms with Crippen molar-refractivity contribution in [2.24, 2.45) is 0 Å². The molecule has 0 saturated carbocycles. The summed E-state index contributed by atoms with van der Waals surface area (Å²) < 4.78 is 54.9. The molecule has 0 atom stereocenters. The number of nitrogens with zero attached hydrogens (tertiary/aromatic N) is 1. The molecule has 0 spiro atoms. The fourth-order valence-corrected chi connectivity index (χ4v) is 5.02. The van der Waals surface area contributed by atoms with Crippen molar-refractivity contribution in [1.82, 2.24) is 10.2 Å². The van der Waals surface area contributed by atoms with Crippen molar-refractivity contribution in [2.75, 3.05) is 37.4 Å². The zero-order chi connectivity index (χ0) is 33.1. The number of halogens is 3. The van der Waals surface area contributed by atoms with Crippen molar-refractivity contribution >= 4 is 23.3 Å². The second-order valence-electron chi connectivity index (χ2n) is 11.1. The fourth-order valence-electron chi connectivity index (χ4n) is 5.02. The maximum absolute atomic E-state index is 12.8. The van der Waals surface area contributed by atoms with E-state index in [1.165, 1.54) is 7.11 Å². The summed E-state index contributed by atoms with van der Waals surface area (Å²) >= 11 is 0. The number of carbonyl (C=O) groups is 2. The van der Waals surface area contributed by atoms with Crippen LogP contribution in [0.25, 0.3) is 0 Å². The predicted molar refractivity (Wildman–Crippen MR) is 171 cm³/mol. The molecule has 1 saturated heterocycles. The number of nitrogens with one attached hydrogen (secondary N) is 3. The third kappa shape index (κ3) is 10.6. The molecule has 12 heteroatoms. The van der Waals surface area contributed by atoms with Crippen molar-refractivity contribution in [3.05, 3.63) is 72.3 Å². The first-order chi connectivity index (χ1) is 22.0. The van der Waals surface area contributed by atoms with E-state index in [4.69, 9.17) is 14.2 Å². The van der Waals surface area contributed by atoms with Crippen LogP contribution in [0, 0.1) is 0 Å². The molecule has 3 aromatic carbocycles. The van der Waals surface area contributed by atoms with E-state index < -0.39 is 12.6 Å². The van der Waals surface area contributed by atoms with Crippen LogP contribution in [0.2, 0.25) is 0 Å². The summed E-state index contributed by atoms with van der Waals surface area (Å²) in [5, 5.41) is 8.60. The number of alkyl halides is 3. The van der Waals surface area contributed by atoms with Gasteiger partial charge in [-0.1, -0.05) is 13.8 Å². The predicted octanol–water partition coefficient (Wildman–Crippen LogP) is 7.85. The summed E-state index contributed by atoms with van der Waals surface area (Å²) in [5.74, 6) is 1.74. The Balaban J connectivity index is 1.25. The van der Waals surface area contributed by atoms with Crippen LogP contribution in [0.3, 0.4) is 0 Å². The number of urea groups is 1. The van der Waals surface area contributed by atoms with Crippen LogP contribution in [0.15, 0.2) is 66.7 Å². The SMILES string of the molecule is CCC(CC)NC(=O)Nc1ccc(Oc2ccc(NC(=O)c3ccc(OC4CCN(CCC(F)(F)F)CC4)cc3)cc2)c(OC)c1. The van der Waals surface area contributed by atoms with E-state index in [0.29, 0.717) is 65.9 Å². The van der Waals surface area contributed by atoms with Crippen LogP contribution >= 0.6 is 0 Å². The lowest BCUT2D eigenvalue weighted by atomic mass is 10.1. The van der Waals surface area contributed by atoms with Gasteiger partial charge in [-0.05, 0) is 86.3 Å². The number of anilines is 2. The van der Waals surface area contributed by atoms with E-state index >= 15 is 0 Å². The van der Waals surface area contributed by atoms with Gasteiger partial charge in [-0.3, -0.25) is 4.79 Å². The lowest BCUT2D eigenvalue weighted by molar-refractivity contribution is -0.138. The quantitative estimate of drug-likeness (QED) is 0.176. The number of piperidine rings is 1. The monoisotopic (exact) mass is 642 g/mol. The van der Waals surface area contributed by atoms with Gasteiger partial charge in [-0.15, -0.1) is 0 Å². The van der Waals surface area contributed by atoms with Crippen LogP contribution in [0.5, 0.6) is 23.0 Å². The number of benzene rings is 3. The van der Waals surface area contributed by atoms with Crippen molar-refractivity contribution in [3.63, 3.8) is 0 Å². The summed E-state index contributed by atoms with van der Waals surface area (Å²) in [6.45, 7) is 5.16. The molecule has 0 unspecified atom stereocenters. The molecule has 1 fully saturated rings. The number of rotatable bonds is 13. The lowest BCUT2D eigenvalue weighted by Gasteiger charge is -2.32. The highest BCUT2D eigenvalue weighted by Crippen LogP contribution is 2.34. The second-order valence-corrected chi connectivity index (χ2v) is 11.1. The van der Waals surface area contributed by atoms with Crippen molar-refractivity contribution in [1.29, 1.82) is 0 Å². The third-order valence-corrected chi connectivity index (χ3v) is 7.75. The molecule has 0 aliphatic carbocycles. The van der Waals surface area contributed by atoms with Gasteiger partial charge in [0.15, 0.2) is 11.5 Å². The number of hydrogen-bond donors (Lipinski definition) is 3. The van der Waals surface area contributed by atoms with E-state index in [0.717, 1.165) is 12.8 Å². The zero-order valence-electron chi connectivity index (χ0n) is 26.3. The zero-order valence-corrected chi connectivity index (χ0v) is 26.3. The van der Waals surface area contributed by atoms with Crippen molar-refractivity contribution in [3.8, 4) is 23.0 Å². The van der Waals surface area contributed by atoms with Crippen LogP contribution in [0.1, 0.15) is 56.3 Å². The number of likely N-dealkylation sites (tertiary alicyclic amines) is 1. The topological polar surface area (TPSA) is 101 Å². The summed E-state index contributed by atoms with van der Waals surface area (Å²) in [6.07, 6.45) is -2.05. The summed E-state index contributed by atoms with van der Waals surface area (Å²) in [5.41, 5.74) is 1.58. The molecule has 0 aromatic heterocycles. The number of ether oxygens (including phenoxy) is 3. The van der Waals surface area contributed by atoms with E-state index in [1.54, 1.807) is 66.7 Å². The fraction of sp³-hybridized carbons (Fsp3) is 0.412. The molecule has 9 nitrogen and oxygen atoms in total. The Morgan fingerprint density at radius 1 is 0.870 bits per heavy atom. The summed E-state index contributed by atoms with van der Waals surface area (Å²) in [7, 11) is 1.52. The van der Waals surface area contributed by atoms with Crippen molar-refractivity contribution in [2.45, 2.75) is 64.3 Å². The van der Waals surface area contributed by atoms with Crippen LogP contribution in [-0.4, -0.2) is 61.9 Å². The minimum Gasteiger partial charge on any atom is -0.493 e. The van der Waals surface area contributed by atoms with E-state index in [2.05, 4.69) is 16.0 Å². The van der Waals surface area contributed by atoms with Crippen molar-refractivity contribution < 1.29 is 37.0 Å². The van der Waals surface area contributed by atoms with Crippen LogP contribution in [0.4, 0.5) is 29.3 Å². The molecular weight excluding hydrogens is 601 g/mol. The first kappa shape index (κ1) is 34.4. The smallest absolute Gasteiger partial charge is 0.390 e. The molecule has 4 rings (SSSR count). The molecular formula is C34H41F3N4O5. The van der Waals surface area contributed by atoms with Gasteiger partial charge < -0.3 is 35.1 Å². The molecule has 0 bridgehead atoms. The number of amides is 3. The van der Waals surface area contributed by atoms with Gasteiger partial charge in [0.05, 0.1) is 13.5 Å². The minimum atomic E-state index is -4.14. The van der Waals surface area contributed by atoms with Gasteiger partial charge in [0.25, 0.3) is 5.91 Å². The average Bonchev–Trinajstić information content (AvgIpc) is 3.04. The highest BCUT2D eigenvalue weighted by Gasteiger charge is 2.29. The summed E-state index contributed by atoms with van der Waals surface area (Å²) in [4.78, 5) is 26.9. The first-order valence-electron chi connectivity index (χ1n) is 15.5. The largest absolute Gasteiger partial charge is 0.493 e. The van der Waals surface area contributed by atoms with E-state index in [1.807, 2.05) is 18.7 Å². The highest BCUT2D eigenvalue weighted by molar-refractivity contribution is 6.04. The molecule has 3 aromatic rings. The molecule has 248 valence electrons. The maximum Gasteiger partial charge on any atom is 0.390 e. The number of methoxy groups -OCH3 is 1. The van der Waals surface area contributed by atoms with Gasteiger partial charge in [0.2, 0.25) is 0 Å². The Kier molecular flexibility index (Phi) is 12.1. The molecule has 3 N–H and O–H groups in total. The molecule has 46 heavy (non-hydrogen) atoms. The molecule has 0 radical (unpaired) electrons. The normalized spacial score (nSPS) is 14.1. The molecule has 1 aliphatic heterocycles. The Morgan fingerprint density at radius 2 is 1.50 bits per heavy atom. The average molecular weight is 643 g/mol. The number of carbonyl (C=O) groups excluding carboxylic acids is 2. The van der Waals surface area contributed by atoms with E-state index in [9.17, 15) is 22.8 Å². The minimum absolute atomic E-state index is 0.0113. The van der Waals surface area contributed by atoms with Crippen LogP contribution in [-0.2, 0) is 0 Å². The lowest BCUT2D eigenvalue weighted by Crippen LogP contribution is -2.39. The first-order valence-corrected chi connectivity index (χ1v) is 15.5. The Hall–Kier alpha value is -4.45. The molecule has 3 amide bonds. The standard InChI is InChI=1S/C34H41F3N4O5/c1-4-24(5-2)39-33(43)40-26-10-15-30(31(22-26)44-3)46-28-13-8-25(9-14-28)38-32(42)23-6-11-27(12-7-23)45-29-16-19-41(20-17-29)21-18-34(35,36)37/h6-15,22,24,29H,4-5,16-21H2,1-3H3,(H,38,42)(H2,39,40,43). The van der Waals surface area contributed by atoms with Gasteiger partial charge in [0.1, 0.15) is 17.6 Å². The Morgan fingerprint density at radius 3 is 2.11 bits per heavy atom. The second kappa shape index (κ2) is 16.2. The van der Waals surface area contributed by atoms with Gasteiger partial charge in [0, 0.05) is 48.7 Å². The van der Waals surface area contributed by atoms with Crippen LogP contribution < -0.4 is 30.2 Å². The molecule has 1 aliphatic rings. The Bertz CT molecular complexity index is 1420. The van der Waals surface area contributed by atoms with Gasteiger partial charge in [-0.25, -0.2) is 4.79 Å². The molecule has 1 heterocycles. The maximum atomic E-state index is 12.8. The van der Waals surface area contributed by atoms with Gasteiger partial charge >= 0.3 is 12.2 Å². The highest BCUT2D eigenvalue weighted by atomic mass is 19.4.